The molecule has 0 aromatic rings. The van der Waals surface area contributed by atoms with Crippen LogP contribution in [-0.4, -0.2) is 19.3 Å². The van der Waals surface area contributed by atoms with Crippen molar-refractivity contribution >= 4 is 12.4 Å². The standard InChI is InChI=1S/C8H16FN.ClH/c1-2-8(9)7-4-3-5-10-6-7;/h7-8,10H,2-6H2,1H3;1H. The Balaban J connectivity index is 0.000001000. The summed E-state index contributed by atoms with van der Waals surface area (Å²) in [7, 11) is 0. The van der Waals surface area contributed by atoms with E-state index < -0.39 is 6.17 Å². The summed E-state index contributed by atoms with van der Waals surface area (Å²) in [5, 5.41) is 3.21. The maximum absolute atomic E-state index is 13.0. The fourth-order valence-corrected chi connectivity index (χ4v) is 1.52. The van der Waals surface area contributed by atoms with E-state index in [9.17, 15) is 4.39 Å². The molecule has 11 heavy (non-hydrogen) atoms. The molecule has 0 aromatic heterocycles. The first-order valence-electron chi connectivity index (χ1n) is 4.19. The SMILES string of the molecule is CCC(F)C1CCCNC1.Cl. The summed E-state index contributed by atoms with van der Waals surface area (Å²) in [6.07, 6.45) is 2.31. The highest BCUT2D eigenvalue weighted by Crippen LogP contribution is 2.18. The molecule has 0 aromatic carbocycles. The molecule has 1 N–H and O–H groups in total. The molecule has 68 valence electrons. The zero-order valence-corrected chi connectivity index (χ0v) is 7.79. The molecule has 0 bridgehead atoms. The van der Waals surface area contributed by atoms with Crippen molar-refractivity contribution in [3.05, 3.63) is 0 Å². The van der Waals surface area contributed by atoms with Gasteiger partial charge >= 0.3 is 0 Å². The Morgan fingerprint density at radius 1 is 1.64 bits per heavy atom. The molecule has 3 heteroatoms. The maximum Gasteiger partial charge on any atom is 0.104 e. The van der Waals surface area contributed by atoms with Crippen LogP contribution < -0.4 is 5.32 Å². The quantitative estimate of drug-likeness (QED) is 0.689. The van der Waals surface area contributed by atoms with Crippen molar-refractivity contribution in [3.63, 3.8) is 0 Å². The van der Waals surface area contributed by atoms with E-state index in [0.29, 0.717) is 12.3 Å². The average Bonchev–Trinajstić information content (AvgIpc) is 2.05. The van der Waals surface area contributed by atoms with Crippen LogP contribution in [0.15, 0.2) is 0 Å². The van der Waals surface area contributed by atoms with Gasteiger partial charge in [-0.05, 0) is 25.8 Å². The van der Waals surface area contributed by atoms with E-state index in [4.69, 9.17) is 0 Å². The van der Waals surface area contributed by atoms with Gasteiger partial charge in [0.05, 0.1) is 0 Å². The Hall–Kier alpha value is 0.180. The predicted molar refractivity (Wildman–Crippen MR) is 48.0 cm³/mol. The molecule has 1 saturated heterocycles. The van der Waals surface area contributed by atoms with Gasteiger partial charge in [-0.2, -0.15) is 0 Å². The number of alkyl halides is 1. The predicted octanol–water partition coefficient (Wildman–Crippen LogP) is 2.16. The lowest BCUT2D eigenvalue weighted by Crippen LogP contribution is -2.34. The third-order valence-corrected chi connectivity index (χ3v) is 2.24. The molecule has 1 nitrogen and oxygen atoms in total. The molecule has 1 aliphatic heterocycles. The van der Waals surface area contributed by atoms with Crippen LogP contribution in [0.3, 0.4) is 0 Å². The molecule has 0 spiro atoms. The molecule has 0 amide bonds. The number of hydrogen-bond donors (Lipinski definition) is 1. The van der Waals surface area contributed by atoms with Gasteiger partial charge in [-0.25, -0.2) is 4.39 Å². The van der Waals surface area contributed by atoms with Crippen LogP contribution in [0, 0.1) is 5.92 Å². The second-order valence-corrected chi connectivity index (χ2v) is 3.03. The van der Waals surface area contributed by atoms with Gasteiger partial charge in [0.25, 0.3) is 0 Å². The van der Waals surface area contributed by atoms with E-state index in [2.05, 4.69) is 5.32 Å². The van der Waals surface area contributed by atoms with Gasteiger partial charge < -0.3 is 5.32 Å². The summed E-state index contributed by atoms with van der Waals surface area (Å²) in [5.41, 5.74) is 0. The summed E-state index contributed by atoms with van der Waals surface area (Å²) in [6.45, 7) is 3.88. The molecular weight excluding hydrogens is 165 g/mol. The second-order valence-electron chi connectivity index (χ2n) is 3.03. The van der Waals surface area contributed by atoms with Gasteiger partial charge in [-0.15, -0.1) is 12.4 Å². The van der Waals surface area contributed by atoms with E-state index in [0.717, 1.165) is 25.9 Å². The van der Waals surface area contributed by atoms with Gasteiger partial charge in [0.1, 0.15) is 6.17 Å². The van der Waals surface area contributed by atoms with Crippen molar-refractivity contribution < 1.29 is 4.39 Å². The van der Waals surface area contributed by atoms with Crippen molar-refractivity contribution in [1.82, 2.24) is 5.32 Å². The molecule has 0 aliphatic carbocycles. The second kappa shape index (κ2) is 5.78. The van der Waals surface area contributed by atoms with Gasteiger partial charge in [0.2, 0.25) is 0 Å². The van der Waals surface area contributed by atoms with Crippen molar-refractivity contribution in [2.75, 3.05) is 13.1 Å². The highest BCUT2D eigenvalue weighted by Gasteiger charge is 2.20. The Kier molecular flexibility index (Phi) is 5.88. The molecule has 0 saturated carbocycles. The first-order chi connectivity index (χ1) is 4.84. The summed E-state index contributed by atoms with van der Waals surface area (Å²) in [5.74, 6) is 0.291. The molecule has 0 radical (unpaired) electrons. The van der Waals surface area contributed by atoms with E-state index in [1.54, 1.807) is 0 Å². The molecule has 1 rings (SSSR count). The summed E-state index contributed by atoms with van der Waals surface area (Å²) in [4.78, 5) is 0. The Bertz CT molecular complexity index is 94.1. The van der Waals surface area contributed by atoms with Crippen LogP contribution in [0.25, 0.3) is 0 Å². The molecule has 1 aliphatic rings. The van der Waals surface area contributed by atoms with Crippen LogP contribution in [0.4, 0.5) is 4.39 Å². The number of piperidine rings is 1. The van der Waals surface area contributed by atoms with Gasteiger partial charge in [-0.1, -0.05) is 6.92 Å². The van der Waals surface area contributed by atoms with Crippen LogP contribution in [-0.2, 0) is 0 Å². The van der Waals surface area contributed by atoms with Crippen LogP contribution >= 0.6 is 12.4 Å². The third kappa shape index (κ3) is 3.39. The van der Waals surface area contributed by atoms with E-state index in [-0.39, 0.29) is 12.4 Å². The van der Waals surface area contributed by atoms with Crippen molar-refractivity contribution in [2.45, 2.75) is 32.4 Å². The average molecular weight is 182 g/mol. The highest BCUT2D eigenvalue weighted by atomic mass is 35.5. The van der Waals surface area contributed by atoms with E-state index in [1.165, 1.54) is 0 Å². The zero-order chi connectivity index (χ0) is 7.40. The van der Waals surface area contributed by atoms with Crippen LogP contribution in [0.1, 0.15) is 26.2 Å². The molecule has 2 unspecified atom stereocenters. The summed E-state index contributed by atoms with van der Waals surface area (Å²) >= 11 is 0. The van der Waals surface area contributed by atoms with Crippen LogP contribution in [0.5, 0.6) is 0 Å². The summed E-state index contributed by atoms with van der Waals surface area (Å²) in [6, 6.07) is 0. The van der Waals surface area contributed by atoms with E-state index >= 15 is 0 Å². The minimum Gasteiger partial charge on any atom is -0.316 e. The van der Waals surface area contributed by atoms with Crippen molar-refractivity contribution in [3.8, 4) is 0 Å². The van der Waals surface area contributed by atoms with Gasteiger partial charge in [0.15, 0.2) is 0 Å². The number of hydrogen-bond acceptors (Lipinski definition) is 1. The minimum absolute atomic E-state index is 0. The Labute approximate surface area is 74.2 Å². The highest BCUT2D eigenvalue weighted by molar-refractivity contribution is 5.85. The fourth-order valence-electron chi connectivity index (χ4n) is 1.52. The molecule has 1 heterocycles. The van der Waals surface area contributed by atoms with Crippen LogP contribution in [0.2, 0.25) is 0 Å². The third-order valence-electron chi connectivity index (χ3n) is 2.24. The molecular formula is C8H17ClFN. The smallest absolute Gasteiger partial charge is 0.104 e. The monoisotopic (exact) mass is 181 g/mol. The minimum atomic E-state index is -0.576. The van der Waals surface area contributed by atoms with Crippen molar-refractivity contribution in [2.24, 2.45) is 5.92 Å². The first-order valence-corrected chi connectivity index (χ1v) is 4.19. The summed E-state index contributed by atoms with van der Waals surface area (Å²) < 4.78 is 13.0. The van der Waals surface area contributed by atoms with Crippen molar-refractivity contribution in [1.29, 1.82) is 0 Å². The fraction of sp³-hybridized carbons (Fsp3) is 1.00. The maximum atomic E-state index is 13.0. The topological polar surface area (TPSA) is 12.0 Å². The molecule has 1 fully saturated rings. The molecule has 2 atom stereocenters. The largest absolute Gasteiger partial charge is 0.316 e. The Morgan fingerprint density at radius 2 is 2.36 bits per heavy atom. The lowest BCUT2D eigenvalue weighted by molar-refractivity contribution is 0.187. The number of rotatable bonds is 2. The van der Waals surface area contributed by atoms with Gasteiger partial charge in [-0.3, -0.25) is 0 Å². The lowest BCUT2D eigenvalue weighted by Gasteiger charge is -2.24. The lowest BCUT2D eigenvalue weighted by atomic mass is 9.93. The Morgan fingerprint density at radius 3 is 2.82 bits per heavy atom. The number of halogens is 2. The first kappa shape index (κ1) is 11.2. The van der Waals surface area contributed by atoms with Gasteiger partial charge in [0, 0.05) is 12.5 Å². The zero-order valence-electron chi connectivity index (χ0n) is 6.98. The normalized spacial score (nSPS) is 27.3. The number of nitrogens with one attached hydrogen (secondary N) is 1. The van der Waals surface area contributed by atoms with E-state index in [1.807, 2.05) is 6.92 Å².